The second-order valence-electron chi connectivity index (χ2n) is 6.13. The first-order chi connectivity index (χ1) is 12.5. The van der Waals surface area contributed by atoms with Gasteiger partial charge in [-0.25, -0.2) is 4.39 Å². The van der Waals surface area contributed by atoms with E-state index in [1.54, 1.807) is 4.90 Å². The van der Waals surface area contributed by atoms with E-state index in [4.69, 9.17) is 9.47 Å². The maximum Gasteiger partial charge on any atom is 1.00 e. The molecule has 0 unspecified atom stereocenters. The molecule has 0 bridgehead atoms. The van der Waals surface area contributed by atoms with E-state index in [9.17, 15) is 23.9 Å². The molecule has 10 heteroatoms. The van der Waals surface area contributed by atoms with Gasteiger partial charge in [-0.2, -0.15) is 0 Å². The number of epoxide rings is 1. The van der Waals surface area contributed by atoms with E-state index in [-0.39, 0.29) is 41.9 Å². The summed E-state index contributed by atoms with van der Waals surface area (Å²) in [6.07, 6.45) is -2.31. The predicted molar refractivity (Wildman–Crippen MR) is 83.1 cm³/mol. The second-order valence-corrected chi connectivity index (χ2v) is 6.13. The van der Waals surface area contributed by atoms with Crippen LogP contribution in [0.15, 0.2) is 24.3 Å². The number of aliphatic carboxylic acids is 1. The molecule has 1 N–H and O–H groups in total. The molecule has 140 valence electrons. The van der Waals surface area contributed by atoms with Gasteiger partial charge in [0.25, 0.3) is 5.91 Å². The van der Waals surface area contributed by atoms with Gasteiger partial charge in [0.2, 0.25) is 5.91 Å². The van der Waals surface area contributed by atoms with E-state index in [1.165, 1.54) is 24.3 Å². The summed E-state index contributed by atoms with van der Waals surface area (Å²) >= 11 is 0. The third kappa shape index (κ3) is 5.73. The first-order valence-corrected chi connectivity index (χ1v) is 8.23. The minimum atomic E-state index is -1.47. The Morgan fingerprint density at radius 1 is 1.19 bits per heavy atom. The standard InChI is InChI=1S/C17H19FN2O6.Na/c18-11-3-1-10(2-4-11)9-12(16(22)20-5-7-25-8-6-20)19-15(21)13-14(26-13)17(23)24;/h1-4,12-14H,5-9H2,(H,19,21)(H,23,24);/q;+1/p-1/t12-,13-,14-;/m0./s1. The molecule has 27 heavy (non-hydrogen) atoms. The van der Waals surface area contributed by atoms with Crippen molar-refractivity contribution in [3.05, 3.63) is 35.6 Å². The summed E-state index contributed by atoms with van der Waals surface area (Å²) in [5, 5.41) is 13.3. The number of rotatable bonds is 6. The number of carbonyl (C=O) groups excluding carboxylic acids is 3. The Labute approximate surface area is 177 Å². The number of carboxylic acid groups (broad SMARTS) is 1. The van der Waals surface area contributed by atoms with Gasteiger partial charge in [0.05, 0.1) is 19.2 Å². The van der Waals surface area contributed by atoms with Crippen molar-refractivity contribution >= 4 is 17.8 Å². The summed E-state index contributed by atoms with van der Waals surface area (Å²) < 4.78 is 23.1. The fourth-order valence-electron chi connectivity index (χ4n) is 2.81. The van der Waals surface area contributed by atoms with Crippen molar-refractivity contribution in [2.75, 3.05) is 26.3 Å². The predicted octanol–water partition coefficient (Wildman–Crippen LogP) is -4.77. The fraction of sp³-hybridized carbons (Fsp3) is 0.471. The number of halogens is 1. The normalized spacial score (nSPS) is 22.3. The van der Waals surface area contributed by atoms with Gasteiger partial charge >= 0.3 is 29.6 Å². The number of carboxylic acids is 1. The van der Waals surface area contributed by atoms with Crippen LogP contribution in [0.1, 0.15) is 5.56 Å². The molecule has 0 saturated carbocycles. The minimum Gasteiger partial charge on any atom is -0.547 e. The fourth-order valence-corrected chi connectivity index (χ4v) is 2.81. The number of morpholine rings is 1. The Kier molecular flexibility index (Phi) is 7.75. The number of benzene rings is 1. The van der Waals surface area contributed by atoms with E-state index >= 15 is 0 Å². The molecular formula is C17H18FN2NaO6. The number of nitrogens with one attached hydrogen (secondary N) is 1. The van der Waals surface area contributed by atoms with E-state index < -0.39 is 35.9 Å². The first kappa shape index (κ1) is 21.8. The zero-order valence-corrected chi connectivity index (χ0v) is 16.9. The maximum absolute atomic E-state index is 13.1. The SMILES string of the molecule is O=C([O-])[C@H]1O[C@@H]1C(=O)N[C@@H](Cc1ccc(F)cc1)C(=O)N1CCOCC1.[Na+]. The number of carbonyl (C=O) groups is 3. The van der Waals surface area contributed by atoms with E-state index in [1.807, 2.05) is 0 Å². The van der Waals surface area contributed by atoms with Gasteiger partial charge in [0.15, 0.2) is 6.10 Å². The molecule has 2 amide bonds. The monoisotopic (exact) mass is 388 g/mol. The molecule has 1 aromatic rings. The van der Waals surface area contributed by atoms with Gasteiger partial charge in [-0.3, -0.25) is 9.59 Å². The topological polar surface area (TPSA) is 111 Å². The van der Waals surface area contributed by atoms with Crippen LogP contribution in [0, 0.1) is 5.82 Å². The summed E-state index contributed by atoms with van der Waals surface area (Å²) in [4.78, 5) is 37.3. The average molecular weight is 388 g/mol. The summed E-state index contributed by atoms with van der Waals surface area (Å²) in [5.74, 6) is -2.87. The zero-order chi connectivity index (χ0) is 18.7. The smallest absolute Gasteiger partial charge is 0.547 e. The van der Waals surface area contributed by atoms with Crippen LogP contribution in [0.2, 0.25) is 0 Å². The van der Waals surface area contributed by atoms with Gasteiger partial charge in [0.1, 0.15) is 18.0 Å². The van der Waals surface area contributed by atoms with Gasteiger partial charge in [0, 0.05) is 19.5 Å². The Balaban J connectivity index is 0.00000261. The van der Waals surface area contributed by atoms with Crippen molar-refractivity contribution in [2.45, 2.75) is 24.7 Å². The van der Waals surface area contributed by atoms with Crippen LogP contribution >= 0.6 is 0 Å². The zero-order valence-electron chi connectivity index (χ0n) is 14.9. The quantitative estimate of drug-likeness (QED) is 0.387. The number of hydrogen-bond acceptors (Lipinski definition) is 6. The van der Waals surface area contributed by atoms with Crippen molar-refractivity contribution in [2.24, 2.45) is 0 Å². The molecule has 8 nitrogen and oxygen atoms in total. The van der Waals surface area contributed by atoms with Gasteiger partial charge in [-0.05, 0) is 17.7 Å². The molecule has 1 aromatic carbocycles. The van der Waals surface area contributed by atoms with Crippen molar-refractivity contribution < 1.29 is 62.9 Å². The maximum atomic E-state index is 13.1. The Bertz CT molecular complexity index is 695. The number of hydrogen-bond donors (Lipinski definition) is 1. The molecular weight excluding hydrogens is 370 g/mol. The van der Waals surface area contributed by atoms with Gasteiger partial charge in [-0.15, -0.1) is 0 Å². The molecule has 2 aliphatic heterocycles. The third-order valence-electron chi connectivity index (χ3n) is 4.27. The molecule has 3 atom stereocenters. The molecule has 2 saturated heterocycles. The Hall–Kier alpha value is -1.52. The molecule has 0 radical (unpaired) electrons. The molecule has 2 fully saturated rings. The molecule has 0 spiro atoms. The van der Waals surface area contributed by atoms with Crippen LogP contribution in [-0.2, 0) is 30.3 Å². The van der Waals surface area contributed by atoms with Crippen LogP contribution in [0.5, 0.6) is 0 Å². The van der Waals surface area contributed by atoms with Crippen molar-refractivity contribution in [1.82, 2.24) is 10.2 Å². The molecule has 2 aliphatic rings. The number of ether oxygens (including phenoxy) is 2. The van der Waals surface area contributed by atoms with E-state index in [0.29, 0.717) is 31.9 Å². The van der Waals surface area contributed by atoms with Crippen molar-refractivity contribution in [1.29, 1.82) is 0 Å². The van der Waals surface area contributed by atoms with Gasteiger partial charge < -0.3 is 29.6 Å². The number of nitrogens with zero attached hydrogens (tertiary/aromatic N) is 1. The first-order valence-electron chi connectivity index (χ1n) is 8.23. The summed E-state index contributed by atoms with van der Waals surface area (Å²) in [6, 6.07) is 4.67. The van der Waals surface area contributed by atoms with Crippen molar-refractivity contribution in [3.8, 4) is 0 Å². The second kappa shape index (κ2) is 9.61. The minimum absolute atomic E-state index is 0. The average Bonchev–Trinajstić information content (AvgIpc) is 3.44. The van der Waals surface area contributed by atoms with Crippen LogP contribution in [0.3, 0.4) is 0 Å². The third-order valence-corrected chi connectivity index (χ3v) is 4.27. The van der Waals surface area contributed by atoms with Gasteiger partial charge in [-0.1, -0.05) is 12.1 Å². The van der Waals surface area contributed by atoms with E-state index in [0.717, 1.165) is 0 Å². The molecule has 0 aromatic heterocycles. The molecule has 0 aliphatic carbocycles. The van der Waals surface area contributed by atoms with Crippen LogP contribution < -0.4 is 40.0 Å². The van der Waals surface area contributed by atoms with Crippen LogP contribution in [0.4, 0.5) is 4.39 Å². The van der Waals surface area contributed by atoms with E-state index in [2.05, 4.69) is 5.32 Å². The van der Waals surface area contributed by atoms with Crippen LogP contribution in [-0.4, -0.2) is 67.2 Å². The molecule has 2 heterocycles. The Morgan fingerprint density at radius 2 is 1.81 bits per heavy atom. The molecule has 3 rings (SSSR count). The van der Waals surface area contributed by atoms with Crippen molar-refractivity contribution in [3.63, 3.8) is 0 Å². The Morgan fingerprint density at radius 3 is 2.37 bits per heavy atom. The summed E-state index contributed by atoms with van der Waals surface area (Å²) in [6.45, 7) is 1.61. The number of amides is 2. The summed E-state index contributed by atoms with van der Waals surface area (Å²) in [5.41, 5.74) is 0.659. The summed E-state index contributed by atoms with van der Waals surface area (Å²) in [7, 11) is 0. The largest absolute Gasteiger partial charge is 1.00 e. The van der Waals surface area contributed by atoms with Crippen LogP contribution in [0.25, 0.3) is 0 Å².